The van der Waals surface area contributed by atoms with Gasteiger partial charge < -0.3 is 20.1 Å². The monoisotopic (exact) mass is 363 g/mol. The molecule has 0 heterocycles. The van der Waals surface area contributed by atoms with Gasteiger partial charge in [-0.3, -0.25) is 4.99 Å². The minimum Gasteiger partial charge on any atom is -0.490 e. The van der Waals surface area contributed by atoms with Crippen molar-refractivity contribution >= 4 is 5.96 Å². The molecular weight excluding hydrogens is 340 g/mol. The number of nitrogens with one attached hydrogen (secondary N) is 2. The van der Waals surface area contributed by atoms with E-state index in [9.17, 15) is 8.78 Å². The molecule has 0 unspecified atom stereocenters. The van der Waals surface area contributed by atoms with Crippen LogP contribution in [0.4, 0.5) is 8.78 Å². The molecule has 2 aromatic carbocycles. The fourth-order valence-electron chi connectivity index (χ4n) is 2.37. The lowest BCUT2D eigenvalue weighted by molar-refractivity contribution is -0.0520. The highest BCUT2D eigenvalue weighted by Crippen LogP contribution is 2.32. The number of rotatable bonds is 8. The minimum absolute atomic E-state index is 0.0374. The fourth-order valence-corrected chi connectivity index (χ4v) is 2.37. The summed E-state index contributed by atoms with van der Waals surface area (Å²) in [7, 11) is 1.65. The molecule has 26 heavy (non-hydrogen) atoms. The Morgan fingerprint density at radius 3 is 2.42 bits per heavy atom. The van der Waals surface area contributed by atoms with Crippen molar-refractivity contribution in [3.63, 3.8) is 0 Å². The highest BCUT2D eigenvalue weighted by molar-refractivity contribution is 5.79. The van der Waals surface area contributed by atoms with Gasteiger partial charge >= 0.3 is 6.61 Å². The van der Waals surface area contributed by atoms with E-state index in [1.807, 2.05) is 30.3 Å². The number of hydrogen-bond acceptors (Lipinski definition) is 3. The summed E-state index contributed by atoms with van der Waals surface area (Å²) in [5.74, 6) is 0.883. The van der Waals surface area contributed by atoms with Crippen molar-refractivity contribution in [1.82, 2.24) is 10.6 Å². The number of hydrogen-bond donors (Lipinski definition) is 2. The average molecular weight is 363 g/mol. The Kier molecular flexibility index (Phi) is 7.67. The predicted molar refractivity (Wildman–Crippen MR) is 97.7 cm³/mol. The standard InChI is InChI=1S/C19H23F2N3O2/c1-3-25-16-11-7-10-15(17(16)26-18(20)21)13-24-19(22-2)23-12-14-8-5-4-6-9-14/h4-11,18H,3,12-13H2,1-2H3,(H2,22,23,24). The molecule has 0 aliphatic heterocycles. The zero-order valence-corrected chi connectivity index (χ0v) is 14.8. The van der Waals surface area contributed by atoms with E-state index < -0.39 is 6.61 Å². The molecule has 0 saturated heterocycles. The van der Waals surface area contributed by atoms with Crippen LogP contribution in [0.15, 0.2) is 53.5 Å². The Morgan fingerprint density at radius 1 is 1.04 bits per heavy atom. The summed E-state index contributed by atoms with van der Waals surface area (Å²) in [6.07, 6.45) is 0. The molecule has 0 aliphatic carbocycles. The molecule has 0 radical (unpaired) electrons. The van der Waals surface area contributed by atoms with Crippen LogP contribution in [0, 0.1) is 0 Å². The van der Waals surface area contributed by atoms with Crippen molar-refractivity contribution in [2.75, 3.05) is 13.7 Å². The first-order chi connectivity index (χ1) is 12.6. The Bertz CT molecular complexity index is 709. The number of halogens is 2. The second kappa shape index (κ2) is 10.2. The number of para-hydroxylation sites is 1. The van der Waals surface area contributed by atoms with Gasteiger partial charge in [-0.2, -0.15) is 8.78 Å². The second-order valence-corrected chi connectivity index (χ2v) is 5.32. The van der Waals surface area contributed by atoms with Gasteiger partial charge in [-0.15, -0.1) is 0 Å². The maximum absolute atomic E-state index is 12.8. The van der Waals surface area contributed by atoms with Gasteiger partial charge in [0.2, 0.25) is 0 Å². The Morgan fingerprint density at radius 2 is 1.77 bits per heavy atom. The summed E-state index contributed by atoms with van der Waals surface area (Å²) < 4.78 is 35.6. The minimum atomic E-state index is -2.93. The second-order valence-electron chi connectivity index (χ2n) is 5.32. The van der Waals surface area contributed by atoms with Gasteiger partial charge in [0.05, 0.1) is 6.61 Å². The van der Waals surface area contributed by atoms with E-state index in [0.717, 1.165) is 5.56 Å². The van der Waals surface area contributed by atoms with Crippen LogP contribution in [-0.2, 0) is 13.1 Å². The molecule has 0 aliphatic rings. The summed E-state index contributed by atoms with van der Waals surface area (Å²) >= 11 is 0. The largest absolute Gasteiger partial charge is 0.490 e. The van der Waals surface area contributed by atoms with Gasteiger partial charge in [-0.05, 0) is 18.6 Å². The summed E-state index contributed by atoms with van der Waals surface area (Å²) in [5.41, 5.74) is 1.66. The molecular formula is C19H23F2N3O2. The third-order valence-electron chi connectivity index (χ3n) is 3.54. The van der Waals surface area contributed by atoms with Crippen LogP contribution < -0.4 is 20.1 Å². The van der Waals surface area contributed by atoms with Crippen molar-refractivity contribution in [3.05, 3.63) is 59.7 Å². The lowest BCUT2D eigenvalue weighted by Crippen LogP contribution is -2.36. The van der Waals surface area contributed by atoms with Crippen LogP contribution in [0.5, 0.6) is 11.5 Å². The summed E-state index contributed by atoms with van der Waals surface area (Å²) in [6.45, 7) is 0.0754. The summed E-state index contributed by atoms with van der Waals surface area (Å²) in [6, 6.07) is 14.9. The van der Waals surface area contributed by atoms with E-state index in [0.29, 0.717) is 30.4 Å². The molecule has 2 N–H and O–H groups in total. The van der Waals surface area contributed by atoms with E-state index in [2.05, 4.69) is 20.4 Å². The van der Waals surface area contributed by atoms with E-state index in [-0.39, 0.29) is 12.3 Å². The Hall–Kier alpha value is -2.83. The van der Waals surface area contributed by atoms with E-state index in [1.165, 1.54) is 0 Å². The Balaban J connectivity index is 2.03. The first kappa shape index (κ1) is 19.5. The quantitative estimate of drug-likeness (QED) is 0.556. The molecule has 7 heteroatoms. The number of alkyl halides is 2. The maximum atomic E-state index is 12.8. The topological polar surface area (TPSA) is 54.9 Å². The van der Waals surface area contributed by atoms with Crippen molar-refractivity contribution in [2.24, 2.45) is 4.99 Å². The van der Waals surface area contributed by atoms with E-state index in [1.54, 1.807) is 32.2 Å². The van der Waals surface area contributed by atoms with Gasteiger partial charge in [0.25, 0.3) is 0 Å². The maximum Gasteiger partial charge on any atom is 0.387 e. The molecule has 0 amide bonds. The highest BCUT2D eigenvalue weighted by atomic mass is 19.3. The molecule has 0 spiro atoms. The van der Waals surface area contributed by atoms with E-state index in [4.69, 9.17) is 4.74 Å². The summed E-state index contributed by atoms with van der Waals surface area (Å²) in [5, 5.41) is 6.27. The van der Waals surface area contributed by atoms with E-state index >= 15 is 0 Å². The van der Waals surface area contributed by atoms with Crippen molar-refractivity contribution < 1.29 is 18.3 Å². The van der Waals surface area contributed by atoms with Crippen LogP contribution in [0.25, 0.3) is 0 Å². The summed E-state index contributed by atoms with van der Waals surface area (Å²) in [4.78, 5) is 4.14. The van der Waals surface area contributed by atoms with Crippen LogP contribution in [0.2, 0.25) is 0 Å². The molecule has 2 rings (SSSR count). The van der Waals surface area contributed by atoms with Gasteiger partial charge in [0, 0.05) is 25.7 Å². The smallest absolute Gasteiger partial charge is 0.387 e. The number of nitrogens with zero attached hydrogens (tertiary/aromatic N) is 1. The predicted octanol–water partition coefficient (Wildman–Crippen LogP) is 3.55. The number of benzene rings is 2. The zero-order valence-electron chi connectivity index (χ0n) is 14.8. The average Bonchev–Trinajstić information content (AvgIpc) is 2.64. The van der Waals surface area contributed by atoms with Crippen LogP contribution in [-0.4, -0.2) is 26.2 Å². The normalized spacial score (nSPS) is 11.3. The first-order valence-electron chi connectivity index (χ1n) is 8.32. The van der Waals surface area contributed by atoms with Gasteiger partial charge in [-0.25, -0.2) is 0 Å². The fraction of sp³-hybridized carbons (Fsp3) is 0.316. The van der Waals surface area contributed by atoms with Crippen molar-refractivity contribution in [1.29, 1.82) is 0 Å². The third-order valence-corrected chi connectivity index (χ3v) is 3.54. The van der Waals surface area contributed by atoms with Crippen LogP contribution in [0.3, 0.4) is 0 Å². The van der Waals surface area contributed by atoms with Crippen LogP contribution >= 0.6 is 0 Å². The molecule has 2 aromatic rings. The van der Waals surface area contributed by atoms with Gasteiger partial charge in [0.15, 0.2) is 17.5 Å². The van der Waals surface area contributed by atoms with Crippen LogP contribution in [0.1, 0.15) is 18.1 Å². The molecule has 0 bridgehead atoms. The lowest BCUT2D eigenvalue weighted by Gasteiger charge is -2.17. The molecule has 0 atom stereocenters. The lowest BCUT2D eigenvalue weighted by atomic mass is 10.2. The molecule has 140 valence electrons. The van der Waals surface area contributed by atoms with Gasteiger partial charge in [-0.1, -0.05) is 42.5 Å². The number of guanidine groups is 1. The molecule has 0 aromatic heterocycles. The number of aliphatic imine (C=N–C) groups is 1. The zero-order chi connectivity index (χ0) is 18.8. The molecule has 0 saturated carbocycles. The molecule has 5 nitrogen and oxygen atoms in total. The Labute approximate surface area is 152 Å². The van der Waals surface area contributed by atoms with Gasteiger partial charge in [0.1, 0.15) is 0 Å². The SMILES string of the molecule is CCOc1cccc(CNC(=NC)NCc2ccccc2)c1OC(F)F. The van der Waals surface area contributed by atoms with Crippen molar-refractivity contribution in [2.45, 2.75) is 26.6 Å². The first-order valence-corrected chi connectivity index (χ1v) is 8.32. The highest BCUT2D eigenvalue weighted by Gasteiger charge is 2.15. The third kappa shape index (κ3) is 5.91. The molecule has 0 fully saturated rings. The van der Waals surface area contributed by atoms with Crippen molar-refractivity contribution in [3.8, 4) is 11.5 Å². The number of ether oxygens (including phenoxy) is 2.